The van der Waals surface area contributed by atoms with Crippen LogP contribution in [-0.4, -0.2) is 32.8 Å². The van der Waals surface area contributed by atoms with Gasteiger partial charge in [-0.25, -0.2) is 14.2 Å². The minimum Gasteiger partial charge on any atom is -0.490 e. The highest BCUT2D eigenvalue weighted by Crippen LogP contribution is 2.44. The lowest BCUT2D eigenvalue weighted by molar-refractivity contribution is -0.160. The normalized spacial score (nSPS) is 14.4. The molecule has 0 unspecified atom stereocenters. The van der Waals surface area contributed by atoms with Crippen molar-refractivity contribution in [1.29, 1.82) is 0 Å². The summed E-state index contributed by atoms with van der Waals surface area (Å²) in [6.07, 6.45) is 4.20. The predicted molar refractivity (Wildman–Crippen MR) is 156 cm³/mol. The topological polar surface area (TPSA) is 73.6 Å². The highest BCUT2D eigenvalue weighted by molar-refractivity contribution is 6.00. The van der Waals surface area contributed by atoms with Crippen LogP contribution in [0.25, 0.3) is 34.3 Å². The second-order valence-corrected chi connectivity index (χ2v) is 11.3. The molecule has 0 amide bonds. The number of carboxylic acid groups (broad SMARTS) is 1. The molecule has 0 radical (unpaired) electrons. The molecule has 0 saturated heterocycles. The van der Waals surface area contributed by atoms with Gasteiger partial charge in [-0.2, -0.15) is 0 Å². The summed E-state index contributed by atoms with van der Waals surface area (Å²) in [4.78, 5) is 17.6. The molecule has 1 aliphatic heterocycles. The number of carboxylic acids is 1. The number of carbonyl (C=O) groups is 1. The molecule has 4 aromatic rings. The van der Waals surface area contributed by atoms with E-state index in [4.69, 9.17) is 14.5 Å². The number of rotatable bonds is 6. The first-order valence-electron chi connectivity index (χ1n) is 13.5. The van der Waals surface area contributed by atoms with Crippen LogP contribution in [0, 0.1) is 19.7 Å². The van der Waals surface area contributed by atoms with Gasteiger partial charge in [-0.15, -0.1) is 0 Å². The van der Waals surface area contributed by atoms with Gasteiger partial charge < -0.3 is 19.1 Å². The fraction of sp³-hybridized carbons (Fsp3) is 0.333. The number of halogens is 1. The molecular formula is C33H35FN2O4. The van der Waals surface area contributed by atoms with Gasteiger partial charge in [0, 0.05) is 40.5 Å². The summed E-state index contributed by atoms with van der Waals surface area (Å²) in [5, 5.41) is 11.1. The minimum absolute atomic E-state index is 0.288. The van der Waals surface area contributed by atoms with Crippen LogP contribution in [0.3, 0.4) is 0 Å². The zero-order valence-electron chi connectivity index (χ0n) is 23.8. The molecule has 7 heteroatoms. The summed E-state index contributed by atoms with van der Waals surface area (Å²) in [6, 6.07) is 13.4. The monoisotopic (exact) mass is 542 g/mol. The maximum absolute atomic E-state index is 15.5. The number of hydrogen-bond donors (Lipinski definition) is 1. The highest BCUT2D eigenvalue weighted by atomic mass is 19.1. The largest absolute Gasteiger partial charge is 0.490 e. The Balaban J connectivity index is 1.83. The minimum atomic E-state index is -1.30. The van der Waals surface area contributed by atoms with Crippen LogP contribution in [0.2, 0.25) is 0 Å². The predicted octanol–water partition coefficient (Wildman–Crippen LogP) is 7.43. The number of fused-ring (bicyclic) bond motifs is 2. The number of aryl methyl sites for hydroxylation is 2. The van der Waals surface area contributed by atoms with Crippen molar-refractivity contribution in [3.8, 4) is 16.9 Å². The number of pyridine rings is 1. The lowest BCUT2D eigenvalue weighted by Gasteiger charge is -2.29. The zero-order chi connectivity index (χ0) is 28.8. The smallest absolute Gasteiger partial charge is 0.337 e. The summed E-state index contributed by atoms with van der Waals surface area (Å²) in [5.41, 5.74) is 5.75. The third-order valence-electron chi connectivity index (χ3n) is 7.35. The van der Waals surface area contributed by atoms with Crippen LogP contribution in [0.5, 0.6) is 5.75 Å². The van der Waals surface area contributed by atoms with Crippen molar-refractivity contribution in [2.45, 2.75) is 59.2 Å². The quantitative estimate of drug-likeness (QED) is 0.274. The molecule has 208 valence electrons. The SMILES string of the molecule is Cc1nc2c(cc(/C=C/c3ccccc3)n2C)c(-c2cc(F)c3c(c2C)CCCO3)c1[C@@H](OC(C)(C)C)C(=O)O. The van der Waals surface area contributed by atoms with E-state index in [9.17, 15) is 9.90 Å². The van der Waals surface area contributed by atoms with Gasteiger partial charge >= 0.3 is 5.97 Å². The number of aromatic nitrogens is 2. The Morgan fingerprint density at radius 3 is 2.58 bits per heavy atom. The van der Waals surface area contributed by atoms with E-state index in [1.54, 1.807) is 6.92 Å². The van der Waals surface area contributed by atoms with Gasteiger partial charge in [-0.3, -0.25) is 0 Å². The van der Waals surface area contributed by atoms with Crippen LogP contribution in [0.4, 0.5) is 4.39 Å². The molecule has 2 aromatic carbocycles. The van der Waals surface area contributed by atoms with Crippen LogP contribution in [-0.2, 0) is 23.0 Å². The Hall–Kier alpha value is -3.97. The van der Waals surface area contributed by atoms with E-state index in [1.807, 2.05) is 87.9 Å². The molecule has 40 heavy (non-hydrogen) atoms. The molecule has 0 spiro atoms. The fourth-order valence-corrected chi connectivity index (χ4v) is 5.50. The number of hydrogen-bond acceptors (Lipinski definition) is 4. The fourth-order valence-electron chi connectivity index (χ4n) is 5.50. The van der Waals surface area contributed by atoms with Gasteiger partial charge in [0.25, 0.3) is 0 Å². The van der Waals surface area contributed by atoms with Crippen molar-refractivity contribution >= 4 is 29.2 Å². The van der Waals surface area contributed by atoms with Crippen LogP contribution in [0.1, 0.15) is 66.9 Å². The summed E-state index contributed by atoms with van der Waals surface area (Å²) < 4.78 is 29.3. The van der Waals surface area contributed by atoms with E-state index in [0.717, 1.165) is 34.2 Å². The van der Waals surface area contributed by atoms with E-state index in [0.29, 0.717) is 41.1 Å². The summed E-state index contributed by atoms with van der Waals surface area (Å²) in [7, 11) is 1.93. The van der Waals surface area contributed by atoms with E-state index in [-0.39, 0.29) is 5.75 Å². The molecular weight excluding hydrogens is 507 g/mol. The standard InChI is InChI=1S/C33H35FN2O4/c1-19-23-13-10-16-39-29(23)26(34)18-24(19)28-25-17-22(15-14-21-11-8-7-9-12-21)36(6)31(25)35-20(2)27(28)30(32(37)38)40-33(3,4)5/h7-9,11-12,14-15,17-18,30H,10,13,16H2,1-6H3,(H,37,38)/b15-14+/t30-/m1/s1. The van der Waals surface area contributed by atoms with Gasteiger partial charge in [0.15, 0.2) is 17.7 Å². The average Bonchev–Trinajstić information content (AvgIpc) is 3.22. The van der Waals surface area contributed by atoms with E-state index in [1.165, 1.54) is 6.07 Å². The molecule has 2 aromatic heterocycles. The Morgan fingerprint density at radius 2 is 1.90 bits per heavy atom. The molecule has 1 aliphatic rings. The van der Waals surface area contributed by atoms with Crippen molar-refractivity contribution in [2.24, 2.45) is 7.05 Å². The molecule has 0 saturated carbocycles. The summed E-state index contributed by atoms with van der Waals surface area (Å²) >= 11 is 0. The summed E-state index contributed by atoms with van der Waals surface area (Å²) in [5.74, 6) is -1.29. The lowest BCUT2D eigenvalue weighted by atomic mass is 9.86. The van der Waals surface area contributed by atoms with Crippen LogP contribution < -0.4 is 4.74 Å². The van der Waals surface area contributed by atoms with Crippen molar-refractivity contribution in [1.82, 2.24) is 9.55 Å². The number of ether oxygens (including phenoxy) is 2. The molecule has 0 aliphatic carbocycles. The second kappa shape index (κ2) is 10.5. The van der Waals surface area contributed by atoms with Gasteiger partial charge in [-0.1, -0.05) is 36.4 Å². The number of nitrogens with zero attached hydrogens (tertiary/aromatic N) is 2. The molecule has 1 N–H and O–H groups in total. The first kappa shape index (κ1) is 27.6. The zero-order valence-corrected chi connectivity index (χ0v) is 23.8. The van der Waals surface area contributed by atoms with Crippen molar-refractivity contribution in [2.75, 3.05) is 6.61 Å². The first-order chi connectivity index (χ1) is 19.0. The molecule has 3 heterocycles. The third-order valence-corrected chi connectivity index (χ3v) is 7.35. The Labute approximate surface area is 234 Å². The number of aliphatic carboxylic acids is 1. The Kier molecular flexibility index (Phi) is 7.27. The van der Waals surface area contributed by atoms with E-state index < -0.39 is 23.5 Å². The van der Waals surface area contributed by atoms with Crippen molar-refractivity contribution < 1.29 is 23.8 Å². The first-order valence-corrected chi connectivity index (χ1v) is 13.5. The van der Waals surface area contributed by atoms with Crippen molar-refractivity contribution in [3.63, 3.8) is 0 Å². The maximum Gasteiger partial charge on any atom is 0.337 e. The summed E-state index contributed by atoms with van der Waals surface area (Å²) in [6.45, 7) is 9.68. The lowest BCUT2D eigenvalue weighted by Crippen LogP contribution is -2.28. The van der Waals surface area contributed by atoms with Crippen molar-refractivity contribution in [3.05, 3.63) is 81.9 Å². The highest BCUT2D eigenvalue weighted by Gasteiger charge is 2.34. The van der Waals surface area contributed by atoms with Gasteiger partial charge in [0.05, 0.1) is 12.2 Å². The molecule has 1 atom stereocenters. The van der Waals surface area contributed by atoms with Gasteiger partial charge in [0.1, 0.15) is 5.65 Å². The van der Waals surface area contributed by atoms with Gasteiger partial charge in [0.2, 0.25) is 0 Å². The maximum atomic E-state index is 15.5. The molecule has 0 fully saturated rings. The van der Waals surface area contributed by atoms with Crippen LogP contribution >= 0.6 is 0 Å². The van der Waals surface area contributed by atoms with E-state index >= 15 is 4.39 Å². The number of benzene rings is 2. The Morgan fingerprint density at radius 1 is 1.18 bits per heavy atom. The van der Waals surface area contributed by atoms with Gasteiger partial charge in [-0.05, 0) is 82.4 Å². The molecule has 6 nitrogen and oxygen atoms in total. The molecule has 0 bridgehead atoms. The Bertz CT molecular complexity index is 1630. The molecule has 5 rings (SSSR count). The average molecular weight is 543 g/mol. The third kappa shape index (κ3) is 5.13. The van der Waals surface area contributed by atoms with E-state index in [2.05, 4.69) is 0 Å². The second-order valence-electron chi connectivity index (χ2n) is 11.3. The van der Waals surface area contributed by atoms with Crippen LogP contribution in [0.15, 0.2) is 42.5 Å².